The summed E-state index contributed by atoms with van der Waals surface area (Å²) >= 11 is 0. The Balaban J connectivity index is 1.59. The van der Waals surface area contributed by atoms with E-state index in [1.54, 1.807) is 0 Å². The molecule has 0 amide bonds. The summed E-state index contributed by atoms with van der Waals surface area (Å²) in [6, 6.07) is 0. The van der Waals surface area contributed by atoms with E-state index in [1.807, 2.05) is 0 Å². The number of fused-ring (bicyclic) bond motifs is 5. The van der Waals surface area contributed by atoms with Crippen molar-refractivity contribution >= 4 is 5.97 Å². The van der Waals surface area contributed by atoms with Crippen molar-refractivity contribution in [2.45, 2.75) is 71.0 Å². The van der Waals surface area contributed by atoms with E-state index >= 15 is 0 Å². The zero-order chi connectivity index (χ0) is 16.2. The molecule has 6 atom stereocenters. The van der Waals surface area contributed by atoms with Crippen molar-refractivity contribution in [2.24, 2.45) is 23.2 Å². The number of ether oxygens (including phenoxy) is 1. The van der Waals surface area contributed by atoms with Crippen LogP contribution in [0.3, 0.4) is 0 Å². The van der Waals surface area contributed by atoms with Gasteiger partial charge in [0.05, 0.1) is 6.10 Å². The van der Waals surface area contributed by atoms with Crippen LogP contribution in [0.25, 0.3) is 0 Å². The normalized spacial score (nSPS) is 45.3. The third-order valence-electron chi connectivity index (χ3n) is 7.15. The van der Waals surface area contributed by atoms with Gasteiger partial charge in [-0.05, 0) is 73.8 Å². The summed E-state index contributed by atoms with van der Waals surface area (Å²) < 4.78 is 5.69. The number of esters is 1. The van der Waals surface area contributed by atoms with Gasteiger partial charge in [-0.25, -0.2) is 0 Å². The van der Waals surface area contributed by atoms with Crippen LogP contribution >= 0.6 is 0 Å². The van der Waals surface area contributed by atoms with Gasteiger partial charge in [0.15, 0.2) is 0 Å². The fraction of sp³-hybridized carbons (Fsp3) is 0.750. The minimum Gasteiger partial charge on any atom is -0.462 e. The number of allylic oxidation sites excluding steroid dienone is 2. The van der Waals surface area contributed by atoms with Gasteiger partial charge in [-0.1, -0.05) is 19.1 Å². The van der Waals surface area contributed by atoms with Gasteiger partial charge in [0.2, 0.25) is 0 Å². The largest absolute Gasteiger partial charge is 0.462 e. The van der Waals surface area contributed by atoms with Crippen LogP contribution in [0.1, 0.15) is 58.8 Å². The summed E-state index contributed by atoms with van der Waals surface area (Å²) in [5.74, 6) is 1.95. The highest BCUT2D eigenvalue weighted by atomic mass is 16.5. The van der Waals surface area contributed by atoms with E-state index in [9.17, 15) is 9.90 Å². The van der Waals surface area contributed by atoms with Gasteiger partial charge in [-0.2, -0.15) is 0 Å². The molecule has 0 saturated heterocycles. The van der Waals surface area contributed by atoms with E-state index in [1.165, 1.54) is 37.3 Å². The molecule has 0 bridgehead atoms. The van der Waals surface area contributed by atoms with E-state index < -0.39 is 0 Å². The van der Waals surface area contributed by atoms with Crippen LogP contribution < -0.4 is 0 Å². The lowest BCUT2D eigenvalue weighted by molar-refractivity contribution is -0.155. The minimum atomic E-state index is -0.279. The quantitative estimate of drug-likeness (QED) is 0.749. The van der Waals surface area contributed by atoms with Crippen molar-refractivity contribution in [3.05, 3.63) is 23.3 Å². The maximum Gasteiger partial charge on any atom is 0.302 e. The molecule has 5 unspecified atom stereocenters. The second kappa shape index (κ2) is 5.47. The average molecular weight is 316 g/mol. The van der Waals surface area contributed by atoms with Crippen molar-refractivity contribution in [1.82, 2.24) is 0 Å². The third kappa shape index (κ3) is 2.39. The molecule has 3 heteroatoms. The van der Waals surface area contributed by atoms with Crippen LogP contribution in [0.15, 0.2) is 23.3 Å². The minimum absolute atomic E-state index is 0.116. The van der Waals surface area contributed by atoms with Crippen LogP contribution in [0, 0.1) is 23.2 Å². The van der Waals surface area contributed by atoms with Crippen molar-refractivity contribution in [3.8, 4) is 0 Å². The Hall–Kier alpha value is -1.09. The highest BCUT2D eigenvalue weighted by molar-refractivity contribution is 5.66. The molecule has 1 N–H and O–H groups in total. The third-order valence-corrected chi connectivity index (χ3v) is 7.15. The Morgan fingerprint density at radius 2 is 2.13 bits per heavy atom. The molecule has 0 aliphatic heterocycles. The van der Waals surface area contributed by atoms with Gasteiger partial charge >= 0.3 is 5.97 Å². The molecule has 0 aromatic heterocycles. The Morgan fingerprint density at radius 1 is 1.30 bits per heavy atom. The monoisotopic (exact) mass is 316 g/mol. The number of aliphatic hydroxyl groups excluding tert-OH is 1. The number of carbonyl (C=O) groups excluding carboxylic acids is 1. The van der Waals surface area contributed by atoms with Crippen LogP contribution in [0.4, 0.5) is 0 Å². The lowest BCUT2D eigenvalue weighted by Crippen LogP contribution is -2.46. The molecule has 0 spiro atoms. The Morgan fingerprint density at radius 3 is 2.91 bits per heavy atom. The summed E-state index contributed by atoms with van der Waals surface area (Å²) in [6.07, 6.45) is 11.9. The van der Waals surface area contributed by atoms with Crippen molar-refractivity contribution < 1.29 is 14.6 Å². The highest BCUT2D eigenvalue weighted by Crippen LogP contribution is 2.61. The second-order valence-electron chi connectivity index (χ2n) is 8.29. The molecule has 0 heterocycles. The number of aliphatic hydroxyl groups is 1. The summed E-state index contributed by atoms with van der Waals surface area (Å²) in [4.78, 5) is 11.5. The number of rotatable bonds is 1. The molecule has 126 valence electrons. The van der Waals surface area contributed by atoms with E-state index in [0.717, 1.165) is 31.6 Å². The van der Waals surface area contributed by atoms with Crippen molar-refractivity contribution in [2.75, 3.05) is 0 Å². The van der Waals surface area contributed by atoms with E-state index in [-0.39, 0.29) is 23.6 Å². The zero-order valence-corrected chi connectivity index (χ0v) is 14.3. The second-order valence-corrected chi connectivity index (χ2v) is 8.29. The molecule has 23 heavy (non-hydrogen) atoms. The van der Waals surface area contributed by atoms with E-state index in [4.69, 9.17) is 4.74 Å². The first kappa shape index (κ1) is 15.4. The van der Waals surface area contributed by atoms with Crippen molar-refractivity contribution in [3.63, 3.8) is 0 Å². The molecule has 0 radical (unpaired) electrons. The van der Waals surface area contributed by atoms with Gasteiger partial charge in [-0.15, -0.1) is 0 Å². The van der Waals surface area contributed by atoms with E-state index in [2.05, 4.69) is 19.1 Å². The molecule has 3 fully saturated rings. The standard InChI is InChI=1S/C20H28O3/c1-12(21)23-19-8-7-18-17-5-3-13-11-14(22)4-6-15(13)16(17)9-10-20(18,19)2/h6,11,14,16-19,22H,3-5,7-10H2,1-2H3/t14?,16?,17?,18?,19-,20?/m0/s1. The average Bonchev–Trinajstić information content (AvgIpc) is 2.83. The van der Waals surface area contributed by atoms with Crippen molar-refractivity contribution in [1.29, 1.82) is 0 Å². The Kier molecular flexibility index (Phi) is 3.67. The summed E-state index contributed by atoms with van der Waals surface area (Å²) in [6.45, 7) is 3.90. The van der Waals surface area contributed by atoms with Gasteiger partial charge in [-0.3, -0.25) is 4.79 Å². The number of carbonyl (C=O) groups is 1. The first-order chi connectivity index (χ1) is 11.0. The first-order valence-electron chi connectivity index (χ1n) is 9.25. The summed E-state index contributed by atoms with van der Waals surface area (Å²) in [7, 11) is 0. The summed E-state index contributed by atoms with van der Waals surface area (Å²) in [5.41, 5.74) is 3.11. The van der Waals surface area contributed by atoms with Crippen LogP contribution in [-0.4, -0.2) is 23.3 Å². The predicted octanol–water partition coefficient (Wildman–Crippen LogP) is 3.77. The smallest absolute Gasteiger partial charge is 0.302 e. The Bertz CT molecular complexity index is 575. The topological polar surface area (TPSA) is 46.5 Å². The molecule has 0 aromatic rings. The maximum atomic E-state index is 11.5. The number of hydrogen-bond donors (Lipinski definition) is 1. The zero-order valence-electron chi connectivity index (χ0n) is 14.3. The van der Waals surface area contributed by atoms with Crippen LogP contribution in [0.5, 0.6) is 0 Å². The highest BCUT2D eigenvalue weighted by Gasteiger charge is 2.56. The number of hydrogen-bond acceptors (Lipinski definition) is 3. The SMILES string of the molecule is CC(=O)O[C@H]1CCC2C3CCC4=CC(O)CC=C4C3CCC21C. The van der Waals surface area contributed by atoms with Gasteiger partial charge in [0.25, 0.3) is 0 Å². The van der Waals surface area contributed by atoms with Gasteiger partial charge in [0, 0.05) is 12.3 Å². The maximum absolute atomic E-state index is 11.5. The fourth-order valence-electron chi connectivity index (χ4n) is 6.14. The molecule has 3 nitrogen and oxygen atoms in total. The summed E-state index contributed by atoms with van der Waals surface area (Å²) in [5, 5.41) is 9.88. The molecule has 0 aromatic carbocycles. The molecular formula is C20H28O3. The van der Waals surface area contributed by atoms with Gasteiger partial charge < -0.3 is 9.84 Å². The van der Waals surface area contributed by atoms with Gasteiger partial charge in [0.1, 0.15) is 6.10 Å². The predicted molar refractivity (Wildman–Crippen MR) is 88.6 cm³/mol. The lowest BCUT2D eigenvalue weighted by Gasteiger charge is -2.51. The molecule has 3 saturated carbocycles. The molecule has 4 aliphatic carbocycles. The first-order valence-corrected chi connectivity index (χ1v) is 9.25. The lowest BCUT2D eigenvalue weighted by atomic mass is 9.54. The van der Waals surface area contributed by atoms with Crippen LogP contribution in [0.2, 0.25) is 0 Å². The van der Waals surface area contributed by atoms with Crippen LogP contribution in [-0.2, 0) is 9.53 Å². The van der Waals surface area contributed by atoms with E-state index in [0.29, 0.717) is 11.8 Å². The molecule has 4 aliphatic rings. The fourth-order valence-corrected chi connectivity index (χ4v) is 6.14. The molecule has 4 rings (SSSR count). The molecular weight excluding hydrogens is 288 g/mol. The Labute approximate surface area is 138 Å².